The highest BCUT2D eigenvalue weighted by atomic mass is 16.5. The van der Waals surface area contributed by atoms with Gasteiger partial charge in [0.1, 0.15) is 22.8 Å². The number of rotatable bonds is 4. The summed E-state index contributed by atoms with van der Waals surface area (Å²) in [6.07, 6.45) is 0.836. The maximum atomic E-state index is 13.3. The molecule has 0 spiro atoms. The van der Waals surface area contributed by atoms with Crippen LogP contribution in [0.4, 0.5) is 5.69 Å². The zero-order valence-corrected chi connectivity index (χ0v) is 14.3. The molecule has 3 rings (SSSR count). The molecule has 1 aliphatic rings. The van der Waals surface area contributed by atoms with Gasteiger partial charge in [0, 0.05) is 23.9 Å². The zero-order chi connectivity index (χ0) is 17.3. The molecule has 1 amide bonds. The lowest BCUT2D eigenvalue weighted by atomic mass is 10.1. The topological polar surface area (TPSA) is 48.0 Å². The van der Waals surface area contributed by atoms with Crippen molar-refractivity contribution < 1.29 is 19.0 Å². The van der Waals surface area contributed by atoms with E-state index in [1.165, 1.54) is 19.8 Å². The summed E-state index contributed by atoms with van der Waals surface area (Å²) >= 11 is 0. The van der Waals surface area contributed by atoms with Gasteiger partial charge >= 0.3 is 0 Å². The number of methoxy groups -OCH3 is 3. The Morgan fingerprint density at radius 2 is 1.67 bits per heavy atom. The summed E-state index contributed by atoms with van der Waals surface area (Å²) in [5, 5.41) is 0. The summed E-state index contributed by atoms with van der Waals surface area (Å²) in [6.45, 7) is 2.04. The van der Waals surface area contributed by atoms with Crippen LogP contribution in [0.3, 0.4) is 0 Å². The highest BCUT2D eigenvalue weighted by molar-refractivity contribution is 6.11. The van der Waals surface area contributed by atoms with Crippen LogP contribution in [0.5, 0.6) is 17.2 Å². The number of para-hydroxylation sites is 1. The molecule has 5 heteroatoms. The molecule has 0 fully saturated rings. The first-order chi connectivity index (χ1) is 11.6. The fourth-order valence-corrected chi connectivity index (χ4v) is 3.21. The summed E-state index contributed by atoms with van der Waals surface area (Å²) in [7, 11) is 4.63. The Kier molecular flexibility index (Phi) is 4.34. The Morgan fingerprint density at radius 1 is 1.04 bits per heavy atom. The summed E-state index contributed by atoms with van der Waals surface area (Å²) in [6, 6.07) is 11.4. The Balaban J connectivity index is 2.10. The van der Waals surface area contributed by atoms with Crippen LogP contribution in [0.2, 0.25) is 0 Å². The quantitative estimate of drug-likeness (QED) is 0.864. The lowest BCUT2D eigenvalue weighted by Crippen LogP contribution is -2.36. The van der Waals surface area contributed by atoms with E-state index in [9.17, 15) is 4.79 Å². The standard InChI is InChI=1S/C19H21NO4/c1-12-9-13-7-5-6-8-15(13)20(12)19(21)18-16(23-3)10-14(22-2)11-17(18)24-4/h5-8,10-12H,9H2,1-4H3. The van der Waals surface area contributed by atoms with Gasteiger partial charge in [-0.1, -0.05) is 18.2 Å². The second kappa shape index (κ2) is 6.43. The van der Waals surface area contributed by atoms with E-state index in [1.807, 2.05) is 30.0 Å². The molecule has 126 valence electrons. The van der Waals surface area contributed by atoms with Crippen molar-refractivity contribution in [3.63, 3.8) is 0 Å². The van der Waals surface area contributed by atoms with Gasteiger partial charge in [-0.15, -0.1) is 0 Å². The number of carbonyl (C=O) groups excluding carboxylic acids is 1. The number of nitrogens with zero attached hydrogens (tertiary/aromatic N) is 1. The predicted octanol–water partition coefficient (Wildman–Crippen LogP) is 3.30. The van der Waals surface area contributed by atoms with E-state index in [2.05, 4.69) is 6.07 Å². The molecule has 0 saturated carbocycles. The number of carbonyl (C=O) groups is 1. The molecule has 0 aliphatic carbocycles. The van der Waals surface area contributed by atoms with E-state index in [0.29, 0.717) is 22.8 Å². The van der Waals surface area contributed by atoms with Gasteiger partial charge in [0.05, 0.1) is 21.3 Å². The van der Waals surface area contributed by atoms with Crippen molar-refractivity contribution in [2.24, 2.45) is 0 Å². The number of benzene rings is 2. The van der Waals surface area contributed by atoms with Gasteiger partial charge in [-0.2, -0.15) is 0 Å². The minimum atomic E-state index is -0.135. The molecule has 1 heterocycles. The number of hydrogen-bond acceptors (Lipinski definition) is 4. The molecule has 1 aliphatic heterocycles. The Hall–Kier alpha value is -2.69. The number of ether oxygens (including phenoxy) is 3. The average Bonchev–Trinajstić information content (AvgIpc) is 2.95. The third-order valence-electron chi connectivity index (χ3n) is 4.35. The van der Waals surface area contributed by atoms with Gasteiger partial charge < -0.3 is 19.1 Å². The van der Waals surface area contributed by atoms with Crippen LogP contribution in [-0.4, -0.2) is 33.3 Å². The van der Waals surface area contributed by atoms with Gasteiger partial charge in [-0.25, -0.2) is 0 Å². The largest absolute Gasteiger partial charge is 0.496 e. The summed E-state index contributed by atoms with van der Waals surface area (Å²) in [5.41, 5.74) is 2.52. The molecule has 1 unspecified atom stereocenters. The Labute approximate surface area is 141 Å². The number of fused-ring (bicyclic) bond motifs is 1. The van der Waals surface area contributed by atoms with Crippen LogP contribution >= 0.6 is 0 Å². The van der Waals surface area contributed by atoms with E-state index >= 15 is 0 Å². The predicted molar refractivity (Wildman–Crippen MR) is 92.5 cm³/mol. The highest BCUT2D eigenvalue weighted by Crippen LogP contribution is 2.39. The first-order valence-electron chi connectivity index (χ1n) is 7.82. The Bertz CT molecular complexity index is 747. The number of anilines is 1. The first-order valence-corrected chi connectivity index (χ1v) is 7.82. The molecule has 2 aromatic rings. The van der Waals surface area contributed by atoms with Gasteiger partial charge in [0.15, 0.2) is 0 Å². The minimum absolute atomic E-state index is 0.0754. The van der Waals surface area contributed by atoms with Crippen molar-refractivity contribution in [1.82, 2.24) is 0 Å². The molecular weight excluding hydrogens is 306 g/mol. The fourth-order valence-electron chi connectivity index (χ4n) is 3.21. The Morgan fingerprint density at radius 3 is 2.25 bits per heavy atom. The van der Waals surface area contributed by atoms with Gasteiger partial charge in [0.25, 0.3) is 5.91 Å². The molecule has 0 bridgehead atoms. The number of hydrogen-bond donors (Lipinski definition) is 0. The van der Waals surface area contributed by atoms with E-state index < -0.39 is 0 Å². The van der Waals surface area contributed by atoms with Crippen LogP contribution < -0.4 is 19.1 Å². The molecule has 0 aromatic heterocycles. The lowest BCUT2D eigenvalue weighted by molar-refractivity contribution is 0.0975. The monoisotopic (exact) mass is 327 g/mol. The minimum Gasteiger partial charge on any atom is -0.496 e. The maximum Gasteiger partial charge on any atom is 0.266 e. The van der Waals surface area contributed by atoms with Gasteiger partial charge in [-0.05, 0) is 25.0 Å². The van der Waals surface area contributed by atoms with Gasteiger partial charge in [-0.3, -0.25) is 4.79 Å². The second-order valence-electron chi connectivity index (χ2n) is 5.76. The smallest absolute Gasteiger partial charge is 0.266 e. The molecule has 2 aromatic carbocycles. The molecule has 0 saturated heterocycles. The van der Waals surface area contributed by atoms with Crippen molar-refractivity contribution in [2.45, 2.75) is 19.4 Å². The third kappa shape index (κ3) is 2.56. The van der Waals surface area contributed by atoms with Crippen LogP contribution in [-0.2, 0) is 6.42 Å². The molecule has 24 heavy (non-hydrogen) atoms. The summed E-state index contributed by atoms with van der Waals surface area (Å²) in [4.78, 5) is 15.1. The molecule has 5 nitrogen and oxygen atoms in total. The van der Waals surface area contributed by atoms with E-state index in [0.717, 1.165) is 12.1 Å². The van der Waals surface area contributed by atoms with Crippen molar-refractivity contribution in [1.29, 1.82) is 0 Å². The van der Waals surface area contributed by atoms with Crippen LogP contribution in [0.25, 0.3) is 0 Å². The lowest BCUT2D eigenvalue weighted by Gasteiger charge is -2.25. The zero-order valence-electron chi connectivity index (χ0n) is 14.3. The SMILES string of the molecule is COc1cc(OC)c(C(=O)N2c3ccccc3CC2C)c(OC)c1. The first kappa shape index (κ1) is 16.2. The molecule has 1 atom stereocenters. The molecular formula is C19H21NO4. The van der Waals surface area contributed by atoms with Gasteiger partial charge in [0.2, 0.25) is 0 Å². The molecule has 0 N–H and O–H groups in total. The fraction of sp³-hybridized carbons (Fsp3) is 0.316. The van der Waals surface area contributed by atoms with E-state index in [1.54, 1.807) is 19.2 Å². The summed E-state index contributed by atoms with van der Waals surface area (Å²) in [5.74, 6) is 1.32. The maximum absolute atomic E-state index is 13.3. The van der Waals surface area contributed by atoms with Crippen molar-refractivity contribution in [3.05, 3.63) is 47.5 Å². The van der Waals surface area contributed by atoms with E-state index in [-0.39, 0.29) is 11.9 Å². The van der Waals surface area contributed by atoms with Crippen molar-refractivity contribution in [3.8, 4) is 17.2 Å². The van der Waals surface area contributed by atoms with Crippen molar-refractivity contribution >= 4 is 11.6 Å². The number of amides is 1. The molecule has 0 radical (unpaired) electrons. The third-order valence-corrected chi connectivity index (χ3v) is 4.35. The van der Waals surface area contributed by atoms with Crippen LogP contribution in [0, 0.1) is 0 Å². The van der Waals surface area contributed by atoms with Crippen molar-refractivity contribution in [2.75, 3.05) is 26.2 Å². The highest BCUT2D eigenvalue weighted by Gasteiger charge is 2.34. The van der Waals surface area contributed by atoms with E-state index in [4.69, 9.17) is 14.2 Å². The average molecular weight is 327 g/mol. The second-order valence-corrected chi connectivity index (χ2v) is 5.76. The van der Waals surface area contributed by atoms with Crippen LogP contribution in [0.15, 0.2) is 36.4 Å². The van der Waals surface area contributed by atoms with Crippen LogP contribution in [0.1, 0.15) is 22.8 Å². The summed E-state index contributed by atoms with van der Waals surface area (Å²) < 4.78 is 16.1. The normalized spacial score (nSPS) is 15.8.